The highest BCUT2D eigenvalue weighted by molar-refractivity contribution is 5.89. The number of piperazine rings is 1. The SMILES string of the molecule is CCC(C)N1CC(C(=O)N2CCNCC2)CC1=O. The zero-order chi connectivity index (χ0) is 13.1. The number of rotatable bonds is 3. The van der Waals surface area contributed by atoms with Crippen LogP contribution in [0.1, 0.15) is 26.7 Å². The molecule has 0 aromatic heterocycles. The Kier molecular flexibility index (Phi) is 4.22. The van der Waals surface area contributed by atoms with E-state index in [2.05, 4.69) is 19.2 Å². The summed E-state index contributed by atoms with van der Waals surface area (Å²) in [4.78, 5) is 28.0. The summed E-state index contributed by atoms with van der Waals surface area (Å²) in [5.41, 5.74) is 0. The van der Waals surface area contributed by atoms with Gasteiger partial charge < -0.3 is 15.1 Å². The van der Waals surface area contributed by atoms with Crippen molar-refractivity contribution in [3.8, 4) is 0 Å². The fraction of sp³-hybridized carbons (Fsp3) is 0.846. The fourth-order valence-corrected chi connectivity index (χ4v) is 2.69. The number of carbonyl (C=O) groups excluding carboxylic acids is 2. The number of hydrogen-bond donors (Lipinski definition) is 1. The number of nitrogens with zero attached hydrogens (tertiary/aromatic N) is 2. The van der Waals surface area contributed by atoms with E-state index in [0.717, 1.165) is 32.6 Å². The lowest BCUT2D eigenvalue weighted by molar-refractivity contribution is -0.136. The molecule has 0 aliphatic carbocycles. The molecular weight excluding hydrogens is 230 g/mol. The van der Waals surface area contributed by atoms with E-state index in [9.17, 15) is 9.59 Å². The molecule has 5 nitrogen and oxygen atoms in total. The van der Waals surface area contributed by atoms with Gasteiger partial charge in [0, 0.05) is 45.2 Å². The molecule has 1 N–H and O–H groups in total. The number of hydrogen-bond acceptors (Lipinski definition) is 3. The van der Waals surface area contributed by atoms with Gasteiger partial charge in [0.15, 0.2) is 0 Å². The molecule has 0 aromatic carbocycles. The van der Waals surface area contributed by atoms with Crippen LogP contribution in [0.2, 0.25) is 0 Å². The van der Waals surface area contributed by atoms with Gasteiger partial charge in [-0.2, -0.15) is 0 Å². The van der Waals surface area contributed by atoms with Crippen molar-refractivity contribution < 1.29 is 9.59 Å². The molecule has 2 aliphatic heterocycles. The average Bonchev–Trinajstić information content (AvgIpc) is 2.80. The van der Waals surface area contributed by atoms with E-state index in [-0.39, 0.29) is 23.8 Å². The summed E-state index contributed by atoms with van der Waals surface area (Å²) in [5, 5.41) is 3.23. The highest BCUT2D eigenvalue weighted by Gasteiger charge is 2.38. The van der Waals surface area contributed by atoms with Gasteiger partial charge in [0.1, 0.15) is 0 Å². The normalized spacial score (nSPS) is 26.6. The first-order chi connectivity index (χ1) is 8.63. The van der Waals surface area contributed by atoms with E-state index in [1.54, 1.807) is 0 Å². The predicted molar refractivity (Wildman–Crippen MR) is 69.0 cm³/mol. The molecule has 2 rings (SSSR count). The van der Waals surface area contributed by atoms with Gasteiger partial charge in [0.25, 0.3) is 0 Å². The molecule has 0 bridgehead atoms. The van der Waals surface area contributed by atoms with E-state index in [1.165, 1.54) is 0 Å². The topological polar surface area (TPSA) is 52.7 Å². The molecule has 2 amide bonds. The van der Waals surface area contributed by atoms with Gasteiger partial charge in [0.2, 0.25) is 11.8 Å². The monoisotopic (exact) mass is 253 g/mol. The summed E-state index contributed by atoms with van der Waals surface area (Å²) in [5.74, 6) is 0.179. The first-order valence-corrected chi connectivity index (χ1v) is 6.92. The van der Waals surface area contributed by atoms with Crippen LogP contribution >= 0.6 is 0 Å². The van der Waals surface area contributed by atoms with E-state index in [0.29, 0.717) is 13.0 Å². The number of nitrogens with one attached hydrogen (secondary N) is 1. The molecule has 2 heterocycles. The lowest BCUT2D eigenvalue weighted by Crippen LogP contribution is -2.49. The largest absolute Gasteiger partial charge is 0.340 e. The second-order valence-corrected chi connectivity index (χ2v) is 5.28. The standard InChI is InChI=1S/C13H23N3O2/c1-3-10(2)16-9-11(8-12(16)17)13(18)15-6-4-14-5-7-15/h10-11,14H,3-9H2,1-2H3. The Morgan fingerprint density at radius 3 is 2.72 bits per heavy atom. The Labute approximate surface area is 108 Å². The summed E-state index contributed by atoms with van der Waals surface area (Å²) >= 11 is 0. The van der Waals surface area contributed by atoms with Crippen molar-refractivity contribution in [1.82, 2.24) is 15.1 Å². The van der Waals surface area contributed by atoms with Crippen LogP contribution in [-0.2, 0) is 9.59 Å². The van der Waals surface area contributed by atoms with E-state index >= 15 is 0 Å². The molecular formula is C13H23N3O2. The third kappa shape index (κ3) is 2.66. The summed E-state index contributed by atoms with van der Waals surface area (Å²) in [6.07, 6.45) is 1.34. The van der Waals surface area contributed by atoms with Crippen molar-refractivity contribution in [3.63, 3.8) is 0 Å². The third-order valence-corrected chi connectivity index (χ3v) is 4.06. The van der Waals surface area contributed by atoms with E-state index < -0.39 is 0 Å². The van der Waals surface area contributed by atoms with Gasteiger partial charge in [-0.3, -0.25) is 9.59 Å². The fourth-order valence-electron chi connectivity index (χ4n) is 2.69. The molecule has 0 spiro atoms. The molecule has 2 unspecified atom stereocenters. The third-order valence-electron chi connectivity index (χ3n) is 4.06. The molecule has 5 heteroatoms. The molecule has 18 heavy (non-hydrogen) atoms. The van der Waals surface area contributed by atoms with Gasteiger partial charge in [-0.05, 0) is 13.3 Å². The van der Waals surface area contributed by atoms with Crippen LogP contribution in [0.5, 0.6) is 0 Å². The van der Waals surface area contributed by atoms with Crippen molar-refractivity contribution in [3.05, 3.63) is 0 Å². The second kappa shape index (κ2) is 5.69. The second-order valence-electron chi connectivity index (χ2n) is 5.28. The molecule has 0 radical (unpaired) electrons. The molecule has 2 aliphatic rings. The highest BCUT2D eigenvalue weighted by atomic mass is 16.2. The van der Waals surface area contributed by atoms with E-state index in [4.69, 9.17) is 0 Å². The first-order valence-electron chi connectivity index (χ1n) is 6.92. The molecule has 2 fully saturated rings. The average molecular weight is 253 g/mol. The summed E-state index contributed by atoms with van der Waals surface area (Å²) in [6, 6.07) is 0.248. The smallest absolute Gasteiger partial charge is 0.228 e. The van der Waals surface area contributed by atoms with Crippen molar-refractivity contribution in [1.29, 1.82) is 0 Å². The van der Waals surface area contributed by atoms with Crippen molar-refractivity contribution in [2.75, 3.05) is 32.7 Å². The van der Waals surface area contributed by atoms with Gasteiger partial charge in [-0.15, -0.1) is 0 Å². The Hall–Kier alpha value is -1.10. The van der Waals surface area contributed by atoms with Crippen LogP contribution < -0.4 is 5.32 Å². The molecule has 0 aromatic rings. The molecule has 2 saturated heterocycles. The number of likely N-dealkylation sites (tertiary alicyclic amines) is 1. The summed E-state index contributed by atoms with van der Waals surface area (Å²) in [6.45, 7) is 8.00. The lowest BCUT2D eigenvalue weighted by atomic mass is 10.1. The first kappa shape index (κ1) is 13.3. The van der Waals surface area contributed by atoms with Crippen LogP contribution in [0.4, 0.5) is 0 Å². The molecule has 102 valence electrons. The summed E-state index contributed by atoms with van der Waals surface area (Å²) < 4.78 is 0. The Bertz CT molecular complexity index is 326. The van der Waals surface area contributed by atoms with Crippen molar-refractivity contribution in [2.45, 2.75) is 32.7 Å². The summed E-state index contributed by atoms with van der Waals surface area (Å²) in [7, 11) is 0. The Morgan fingerprint density at radius 2 is 2.11 bits per heavy atom. The van der Waals surface area contributed by atoms with Crippen molar-refractivity contribution >= 4 is 11.8 Å². The lowest BCUT2D eigenvalue weighted by Gasteiger charge is -2.30. The maximum absolute atomic E-state index is 12.3. The van der Waals surface area contributed by atoms with Gasteiger partial charge in [0.05, 0.1) is 5.92 Å². The molecule has 0 saturated carbocycles. The Balaban J connectivity index is 1.94. The van der Waals surface area contributed by atoms with Crippen LogP contribution in [0, 0.1) is 5.92 Å². The zero-order valence-corrected chi connectivity index (χ0v) is 11.3. The minimum absolute atomic E-state index is 0.121. The van der Waals surface area contributed by atoms with Crippen LogP contribution in [0.25, 0.3) is 0 Å². The predicted octanol–water partition coefficient (Wildman–Crippen LogP) is 0.0652. The highest BCUT2D eigenvalue weighted by Crippen LogP contribution is 2.23. The minimum Gasteiger partial charge on any atom is -0.340 e. The van der Waals surface area contributed by atoms with Gasteiger partial charge in [-0.25, -0.2) is 0 Å². The number of carbonyl (C=O) groups is 2. The molecule has 2 atom stereocenters. The van der Waals surface area contributed by atoms with E-state index in [1.807, 2.05) is 9.80 Å². The maximum atomic E-state index is 12.3. The van der Waals surface area contributed by atoms with Gasteiger partial charge in [-0.1, -0.05) is 6.92 Å². The maximum Gasteiger partial charge on any atom is 0.228 e. The quantitative estimate of drug-likeness (QED) is 0.774. The van der Waals surface area contributed by atoms with Crippen LogP contribution in [-0.4, -0.2) is 60.4 Å². The van der Waals surface area contributed by atoms with Crippen molar-refractivity contribution in [2.24, 2.45) is 5.92 Å². The Morgan fingerprint density at radius 1 is 1.44 bits per heavy atom. The number of amides is 2. The van der Waals surface area contributed by atoms with Crippen LogP contribution in [0.3, 0.4) is 0 Å². The zero-order valence-electron chi connectivity index (χ0n) is 11.3. The van der Waals surface area contributed by atoms with Gasteiger partial charge >= 0.3 is 0 Å². The van der Waals surface area contributed by atoms with Crippen LogP contribution in [0.15, 0.2) is 0 Å². The minimum atomic E-state index is -0.121.